The first-order valence-electron chi connectivity index (χ1n) is 6.24. The average molecular weight is 349 g/mol. The van der Waals surface area contributed by atoms with Crippen LogP contribution in [0.5, 0.6) is 0 Å². The van der Waals surface area contributed by atoms with Crippen molar-refractivity contribution in [3.63, 3.8) is 0 Å². The van der Waals surface area contributed by atoms with E-state index >= 15 is 0 Å². The van der Waals surface area contributed by atoms with E-state index in [1.807, 2.05) is 24.3 Å². The summed E-state index contributed by atoms with van der Waals surface area (Å²) in [6, 6.07) is 10.1. The summed E-state index contributed by atoms with van der Waals surface area (Å²) >= 11 is 5.12. The van der Waals surface area contributed by atoms with Crippen molar-refractivity contribution in [2.24, 2.45) is 0 Å². The number of nitrogen functional groups attached to an aromatic ring is 1. The zero-order chi connectivity index (χ0) is 14.1. The first-order valence-corrected chi connectivity index (χ1v) is 7.85. The van der Waals surface area contributed by atoms with Crippen molar-refractivity contribution >= 4 is 54.9 Å². The van der Waals surface area contributed by atoms with E-state index in [2.05, 4.69) is 44.2 Å². The molecule has 0 fully saturated rings. The van der Waals surface area contributed by atoms with Gasteiger partial charge in [0.1, 0.15) is 10.6 Å². The van der Waals surface area contributed by atoms with Crippen molar-refractivity contribution in [3.05, 3.63) is 39.7 Å². The number of rotatable bonds is 3. The molecule has 0 bridgehead atoms. The van der Waals surface area contributed by atoms with E-state index in [0.29, 0.717) is 5.95 Å². The fraction of sp³-hybridized carbons (Fsp3) is 0.143. The Kier molecular flexibility index (Phi) is 3.58. The summed E-state index contributed by atoms with van der Waals surface area (Å²) in [6.07, 6.45) is 0.983. The first-order chi connectivity index (χ1) is 9.65. The number of thiophene rings is 1. The van der Waals surface area contributed by atoms with Gasteiger partial charge in [0.2, 0.25) is 5.95 Å². The van der Waals surface area contributed by atoms with Crippen molar-refractivity contribution in [3.8, 4) is 0 Å². The highest BCUT2D eigenvalue weighted by Crippen LogP contribution is 2.31. The molecule has 1 aromatic carbocycles. The number of halogens is 1. The van der Waals surface area contributed by atoms with Crippen molar-refractivity contribution in [1.82, 2.24) is 9.97 Å². The summed E-state index contributed by atoms with van der Waals surface area (Å²) < 4.78 is 1.01. The van der Waals surface area contributed by atoms with Crippen molar-refractivity contribution in [2.75, 3.05) is 11.1 Å². The zero-order valence-corrected chi connectivity index (χ0v) is 13.3. The number of nitrogens with zero attached hydrogens (tertiary/aromatic N) is 2. The molecule has 0 saturated heterocycles. The molecule has 0 unspecified atom stereocenters. The fourth-order valence-corrected chi connectivity index (χ4v) is 3.33. The molecule has 3 rings (SSSR count). The molecule has 3 aromatic rings. The Morgan fingerprint density at radius 1 is 1.30 bits per heavy atom. The Bertz CT molecular complexity index is 769. The minimum Gasteiger partial charge on any atom is -0.368 e. The van der Waals surface area contributed by atoms with Gasteiger partial charge in [0.05, 0.1) is 5.39 Å². The molecule has 102 valence electrons. The van der Waals surface area contributed by atoms with E-state index in [0.717, 1.165) is 32.6 Å². The number of nitrogens with one attached hydrogen (secondary N) is 1. The van der Waals surface area contributed by atoms with Gasteiger partial charge in [-0.1, -0.05) is 28.9 Å². The van der Waals surface area contributed by atoms with Gasteiger partial charge in [-0.15, -0.1) is 11.3 Å². The zero-order valence-electron chi connectivity index (χ0n) is 10.9. The lowest BCUT2D eigenvalue weighted by Gasteiger charge is -2.07. The summed E-state index contributed by atoms with van der Waals surface area (Å²) in [5.74, 6) is 1.04. The SMILES string of the molecule is CCc1cc2c(Nc3cccc(Br)c3)nc(N)nc2s1. The number of hydrogen-bond acceptors (Lipinski definition) is 5. The van der Waals surface area contributed by atoms with Gasteiger partial charge in [0.15, 0.2) is 0 Å². The molecule has 3 N–H and O–H groups in total. The highest BCUT2D eigenvalue weighted by atomic mass is 79.9. The largest absolute Gasteiger partial charge is 0.368 e. The molecule has 0 aliphatic rings. The summed E-state index contributed by atoms with van der Waals surface area (Å²) in [4.78, 5) is 10.8. The van der Waals surface area contributed by atoms with Crippen molar-refractivity contribution in [2.45, 2.75) is 13.3 Å². The van der Waals surface area contributed by atoms with Gasteiger partial charge in [-0.05, 0) is 30.7 Å². The predicted molar refractivity (Wildman–Crippen MR) is 88.6 cm³/mol. The smallest absolute Gasteiger partial charge is 0.223 e. The van der Waals surface area contributed by atoms with Gasteiger partial charge in [-0.2, -0.15) is 4.98 Å². The summed E-state index contributed by atoms with van der Waals surface area (Å²) in [7, 11) is 0. The molecule has 2 aromatic heterocycles. The number of aryl methyl sites for hydroxylation is 1. The number of nitrogens with two attached hydrogens (primary N) is 1. The lowest BCUT2D eigenvalue weighted by molar-refractivity contribution is 1.19. The van der Waals surface area contributed by atoms with Gasteiger partial charge < -0.3 is 11.1 Å². The van der Waals surface area contributed by atoms with Gasteiger partial charge in [0, 0.05) is 15.0 Å². The second-order valence-corrected chi connectivity index (χ2v) is 6.38. The molecule has 0 aliphatic carbocycles. The van der Waals surface area contributed by atoms with Crippen LogP contribution in [-0.2, 0) is 6.42 Å². The van der Waals surface area contributed by atoms with E-state index < -0.39 is 0 Å². The number of hydrogen-bond donors (Lipinski definition) is 2. The van der Waals surface area contributed by atoms with Gasteiger partial charge >= 0.3 is 0 Å². The topological polar surface area (TPSA) is 63.8 Å². The number of aromatic nitrogens is 2. The Labute approximate surface area is 129 Å². The normalized spacial score (nSPS) is 10.9. The van der Waals surface area contributed by atoms with Crippen LogP contribution in [0.25, 0.3) is 10.2 Å². The quantitative estimate of drug-likeness (QED) is 0.738. The third kappa shape index (κ3) is 2.62. The molecule has 6 heteroatoms. The molecule has 0 amide bonds. The van der Waals surface area contributed by atoms with E-state index in [1.54, 1.807) is 11.3 Å². The lowest BCUT2D eigenvalue weighted by atomic mass is 10.3. The Morgan fingerprint density at radius 3 is 2.90 bits per heavy atom. The minimum atomic E-state index is 0.291. The van der Waals surface area contributed by atoms with Gasteiger partial charge in [0.25, 0.3) is 0 Å². The molecular weight excluding hydrogens is 336 g/mol. The predicted octanol–water partition coefficient (Wildman–Crippen LogP) is 4.34. The fourth-order valence-electron chi connectivity index (χ4n) is 1.96. The molecule has 4 nitrogen and oxygen atoms in total. The van der Waals surface area contributed by atoms with Crippen LogP contribution in [0.4, 0.5) is 17.5 Å². The monoisotopic (exact) mass is 348 g/mol. The van der Waals surface area contributed by atoms with Crippen LogP contribution in [0.3, 0.4) is 0 Å². The molecule has 0 atom stereocenters. The van der Waals surface area contributed by atoms with Crippen LogP contribution in [0.1, 0.15) is 11.8 Å². The highest BCUT2D eigenvalue weighted by Gasteiger charge is 2.10. The van der Waals surface area contributed by atoms with Crippen LogP contribution in [0.15, 0.2) is 34.8 Å². The lowest BCUT2D eigenvalue weighted by Crippen LogP contribution is -2.00. The second kappa shape index (κ2) is 5.38. The van der Waals surface area contributed by atoms with E-state index in [4.69, 9.17) is 5.73 Å². The van der Waals surface area contributed by atoms with Gasteiger partial charge in [-0.25, -0.2) is 4.98 Å². The maximum Gasteiger partial charge on any atom is 0.223 e. The Balaban J connectivity index is 2.08. The Morgan fingerprint density at radius 2 is 2.15 bits per heavy atom. The van der Waals surface area contributed by atoms with Crippen LogP contribution in [0.2, 0.25) is 0 Å². The molecule has 20 heavy (non-hydrogen) atoms. The molecule has 0 spiro atoms. The standard InChI is InChI=1S/C14H13BrN4S/c1-2-10-7-11-12(18-14(16)19-13(11)20-10)17-9-5-3-4-8(15)6-9/h3-7H,2H2,1H3,(H3,16,17,18,19). The van der Waals surface area contributed by atoms with Crippen LogP contribution in [0, 0.1) is 0 Å². The van der Waals surface area contributed by atoms with E-state index in [-0.39, 0.29) is 0 Å². The number of fused-ring (bicyclic) bond motifs is 1. The molecule has 0 aliphatic heterocycles. The van der Waals surface area contributed by atoms with Crippen molar-refractivity contribution in [1.29, 1.82) is 0 Å². The second-order valence-electron chi connectivity index (χ2n) is 4.35. The molecule has 0 saturated carbocycles. The molecule has 0 radical (unpaired) electrons. The Hall–Kier alpha value is -1.66. The summed E-state index contributed by atoms with van der Waals surface area (Å²) in [5.41, 5.74) is 6.76. The summed E-state index contributed by atoms with van der Waals surface area (Å²) in [6.45, 7) is 2.13. The maximum atomic E-state index is 5.79. The van der Waals surface area contributed by atoms with E-state index in [9.17, 15) is 0 Å². The first kappa shape index (κ1) is 13.3. The van der Waals surface area contributed by atoms with Gasteiger partial charge in [-0.3, -0.25) is 0 Å². The minimum absolute atomic E-state index is 0.291. The molecule has 2 heterocycles. The van der Waals surface area contributed by atoms with Crippen LogP contribution in [-0.4, -0.2) is 9.97 Å². The third-order valence-corrected chi connectivity index (χ3v) is 4.56. The average Bonchev–Trinajstić information content (AvgIpc) is 2.82. The van der Waals surface area contributed by atoms with Crippen LogP contribution < -0.4 is 11.1 Å². The number of benzene rings is 1. The van der Waals surface area contributed by atoms with E-state index in [1.165, 1.54) is 4.88 Å². The maximum absolute atomic E-state index is 5.79. The molecular formula is C14H13BrN4S. The summed E-state index contributed by atoms with van der Waals surface area (Å²) in [5, 5.41) is 4.33. The third-order valence-electron chi connectivity index (χ3n) is 2.90. The van der Waals surface area contributed by atoms with Crippen LogP contribution >= 0.6 is 27.3 Å². The number of anilines is 3. The van der Waals surface area contributed by atoms with Crippen molar-refractivity contribution < 1.29 is 0 Å². The highest BCUT2D eigenvalue weighted by molar-refractivity contribution is 9.10.